The molecule has 28 heteroatoms. The first-order chi connectivity index (χ1) is 42.6. The van der Waals surface area contributed by atoms with E-state index in [9.17, 15) is 67.7 Å². The Morgan fingerprint density at radius 2 is 0.900 bits per heavy atom. The summed E-state index contributed by atoms with van der Waals surface area (Å²) in [5.41, 5.74) is -0.292. The van der Waals surface area contributed by atoms with Crippen molar-refractivity contribution in [3.63, 3.8) is 0 Å². The fourth-order valence-corrected chi connectivity index (χ4v) is 11.4. The van der Waals surface area contributed by atoms with Crippen molar-refractivity contribution >= 4 is 92.8 Å². The Bertz CT molecular complexity index is 3210. The van der Waals surface area contributed by atoms with Crippen LogP contribution in [0.15, 0.2) is 60.7 Å². The van der Waals surface area contributed by atoms with Crippen LogP contribution in [-0.4, -0.2) is 237 Å². The molecule has 3 fully saturated rings. The van der Waals surface area contributed by atoms with E-state index in [0.717, 1.165) is 19.6 Å². The number of nitrogens with one attached hydrogen (secondary N) is 4. The number of benzene rings is 2. The molecule has 7 rings (SSSR count). The molecule has 3 saturated heterocycles. The molecule has 0 spiro atoms. The smallest absolute Gasteiger partial charge is 0.329 e. The molecule has 4 aromatic rings. The van der Waals surface area contributed by atoms with Gasteiger partial charge in [-0.15, -0.1) is 0 Å². The topological polar surface area (TPSA) is 357 Å². The van der Waals surface area contributed by atoms with Crippen LogP contribution >= 0.6 is 0 Å². The number of para-hydroxylation sites is 2. The summed E-state index contributed by atoms with van der Waals surface area (Å²) in [4.78, 5) is 186. The summed E-state index contributed by atoms with van der Waals surface area (Å²) in [6.45, 7) is 6.46. The van der Waals surface area contributed by atoms with Crippen LogP contribution in [-0.2, 0) is 57.4 Å². The van der Waals surface area contributed by atoms with Gasteiger partial charge < -0.3 is 70.4 Å². The Hall–Kier alpha value is -9.50. The van der Waals surface area contributed by atoms with Gasteiger partial charge in [0.15, 0.2) is 11.4 Å². The van der Waals surface area contributed by atoms with Crippen molar-refractivity contribution in [1.29, 1.82) is 0 Å². The number of carbonyl (C=O) groups is 12. The minimum Gasteiger partial charge on any atom is -0.505 e. The van der Waals surface area contributed by atoms with E-state index in [2.05, 4.69) is 31.2 Å². The van der Waals surface area contributed by atoms with Crippen molar-refractivity contribution < 1.29 is 77.2 Å². The van der Waals surface area contributed by atoms with Gasteiger partial charge in [0.05, 0.1) is 37.2 Å². The number of carbonyl (C=O) groups excluding carboxylic acids is 12. The Morgan fingerprint density at radius 3 is 1.26 bits per heavy atom. The SMILES string of the molecule is CC(C)[C@H]1C(=O)O[C@H](C)[C@@H](NC(=O)c2nc3ccccc3cc2O)C(=O)N2CCCC[C@H]2C(=O)NCC(=O)N(C)CC(=O)N(C)[C@@H](C(C)C)C(=O)O[C@H](C)[C@@H](NC(=O)c2nc3ccccc3cc2O)C(=O)N2CCCC[C@H]2C(=O)NCC(=O)N(C)CC(=O)N1C. The van der Waals surface area contributed by atoms with Gasteiger partial charge in [0.25, 0.3) is 11.8 Å². The van der Waals surface area contributed by atoms with Gasteiger partial charge in [-0.3, -0.25) is 47.9 Å². The van der Waals surface area contributed by atoms with Crippen LogP contribution in [0.2, 0.25) is 0 Å². The Morgan fingerprint density at radius 1 is 0.544 bits per heavy atom. The quantitative estimate of drug-likeness (QED) is 0.146. The lowest BCUT2D eigenvalue weighted by Gasteiger charge is -2.39. The molecule has 2 aromatic carbocycles. The van der Waals surface area contributed by atoms with Crippen LogP contribution in [0, 0.1) is 11.8 Å². The first kappa shape index (κ1) is 68.0. The number of rotatable bonds is 6. The highest BCUT2D eigenvalue weighted by molar-refractivity contribution is 6.03. The van der Waals surface area contributed by atoms with Gasteiger partial charge in [-0.2, -0.15) is 0 Å². The number of hydrogen-bond acceptors (Lipinski definition) is 18. The number of likely N-dealkylation sites (N-methyl/N-ethyl adjacent to an activating group) is 4. The number of cyclic esters (lactones) is 2. The van der Waals surface area contributed by atoms with Crippen LogP contribution in [0.3, 0.4) is 0 Å². The van der Waals surface area contributed by atoms with Crippen molar-refractivity contribution in [3.05, 3.63) is 72.1 Å². The first-order valence-corrected chi connectivity index (χ1v) is 30.0. The molecule has 5 heterocycles. The molecule has 8 atom stereocenters. The number of amides is 10. The number of ether oxygens (including phenoxy) is 2. The Balaban J connectivity index is 1.20. The van der Waals surface area contributed by atoms with Crippen LogP contribution in [0.25, 0.3) is 21.8 Å². The molecule has 0 aliphatic carbocycles. The lowest BCUT2D eigenvalue weighted by atomic mass is 9.98. The summed E-state index contributed by atoms with van der Waals surface area (Å²) in [5.74, 6) is -12.9. The van der Waals surface area contributed by atoms with Gasteiger partial charge in [0.1, 0.15) is 60.0 Å². The molecule has 0 radical (unpaired) electrons. The summed E-state index contributed by atoms with van der Waals surface area (Å²) < 4.78 is 11.9. The molecular weight excluding hydrogens is 1170 g/mol. The molecule has 10 amide bonds. The molecule has 484 valence electrons. The fraction of sp³-hybridized carbons (Fsp3) is 0.516. The molecule has 3 aliphatic heterocycles. The van der Waals surface area contributed by atoms with Gasteiger partial charge in [-0.1, -0.05) is 64.1 Å². The van der Waals surface area contributed by atoms with Crippen LogP contribution in [0.1, 0.15) is 101 Å². The molecule has 0 unspecified atom stereocenters. The summed E-state index contributed by atoms with van der Waals surface area (Å²) >= 11 is 0. The van der Waals surface area contributed by atoms with Gasteiger partial charge in [-0.25, -0.2) is 19.6 Å². The van der Waals surface area contributed by atoms with Gasteiger partial charge >= 0.3 is 11.9 Å². The third-order valence-corrected chi connectivity index (χ3v) is 16.5. The van der Waals surface area contributed by atoms with E-state index in [1.807, 2.05) is 0 Å². The summed E-state index contributed by atoms with van der Waals surface area (Å²) in [6, 6.07) is 7.15. The third kappa shape index (κ3) is 15.8. The second-order valence-corrected chi connectivity index (χ2v) is 23.7. The van der Waals surface area contributed by atoms with Crippen LogP contribution < -0.4 is 21.3 Å². The van der Waals surface area contributed by atoms with Gasteiger partial charge in [0.2, 0.25) is 47.3 Å². The zero-order valence-electron chi connectivity index (χ0n) is 52.2. The lowest BCUT2D eigenvalue weighted by molar-refractivity contribution is -0.164. The zero-order chi connectivity index (χ0) is 66.0. The number of piperidine rings is 2. The average Bonchev–Trinajstić information content (AvgIpc) is 1.59. The van der Waals surface area contributed by atoms with E-state index in [-0.39, 0.29) is 25.9 Å². The maximum absolute atomic E-state index is 15.0. The average molecular weight is 1250 g/mol. The monoisotopic (exact) mass is 1250 g/mol. The molecular formula is C62H80N12O16. The lowest BCUT2D eigenvalue weighted by Crippen LogP contribution is -2.61. The van der Waals surface area contributed by atoms with Gasteiger partial charge in [-0.05, 0) is 88.5 Å². The standard InChI is InChI=1S/C62H80N12O16/c1-33(2)53-61(87)89-35(5)49(67-57(83)51-43(75)27-37-19-11-13-21-39(37)65-51)59(85)73-25-17-15-23-41(73)55(81)64-30-46(78)70(8)32-48(80)72(10)54(34(3)4)62(88)90-36(6)50(68-58(84)52-44(76)28-38-20-12-14-22-40(38)66-52)60(86)74-26-18-16-24-42(74)56(82)63-29-45(77)69(7)31-47(79)71(53)9/h11-14,19-22,27-28,33-36,41-42,49-50,53-54,75-76H,15-18,23-26,29-32H2,1-10H3,(H,63,82)(H,64,81)(H,67,83)(H,68,84)/t35-,36-,41+,42+,49-,50-,53+,54+/m1/s1. The first-order valence-electron chi connectivity index (χ1n) is 30.0. The number of aromatic nitrogens is 2. The van der Waals surface area contributed by atoms with Crippen molar-refractivity contribution in [2.75, 3.05) is 67.5 Å². The van der Waals surface area contributed by atoms with Crippen molar-refractivity contribution in [2.24, 2.45) is 11.8 Å². The summed E-state index contributed by atoms with van der Waals surface area (Å²) in [6.07, 6.45) is -1.19. The molecule has 2 aromatic heterocycles. The van der Waals surface area contributed by atoms with Crippen LogP contribution in [0.4, 0.5) is 0 Å². The summed E-state index contributed by atoms with van der Waals surface area (Å²) in [5, 5.41) is 33.3. The van der Waals surface area contributed by atoms with E-state index in [0.29, 0.717) is 47.5 Å². The Kier molecular flexibility index (Phi) is 22.4. The van der Waals surface area contributed by atoms with E-state index in [1.165, 1.54) is 64.0 Å². The van der Waals surface area contributed by atoms with Crippen molar-refractivity contribution in [3.8, 4) is 11.5 Å². The number of hydrogen-bond donors (Lipinski definition) is 6. The summed E-state index contributed by atoms with van der Waals surface area (Å²) in [7, 11) is 5.17. The third-order valence-electron chi connectivity index (χ3n) is 16.5. The van der Waals surface area contributed by atoms with Crippen molar-refractivity contribution in [2.45, 2.75) is 129 Å². The highest BCUT2D eigenvalue weighted by Gasteiger charge is 2.44. The highest BCUT2D eigenvalue weighted by atomic mass is 16.6. The number of fused-ring (bicyclic) bond motifs is 4. The minimum atomic E-state index is -1.76. The zero-order valence-corrected chi connectivity index (χ0v) is 52.2. The molecule has 28 nitrogen and oxygen atoms in total. The molecule has 90 heavy (non-hydrogen) atoms. The number of nitrogens with zero attached hydrogens (tertiary/aromatic N) is 8. The molecule has 3 aliphatic rings. The number of aromatic hydroxyl groups is 2. The molecule has 0 bridgehead atoms. The minimum absolute atomic E-state index is 0.0316. The van der Waals surface area contributed by atoms with E-state index in [4.69, 9.17) is 9.47 Å². The van der Waals surface area contributed by atoms with E-state index in [1.54, 1.807) is 76.2 Å². The fourth-order valence-electron chi connectivity index (χ4n) is 11.4. The number of esters is 2. The molecule has 6 N–H and O–H groups in total. The second-order valence-electron chi connectivity index (χ2n) is 23.7. The largest absolute Gasteiger partial charge is 0.505 e. The predicted molar refractivity (Wildman–Crippen MR) is 323 cm³/mol. The van der Waals surface area contributed by atoms with Crippen molar-refractivity contribution in [1.82, 2.24) is 60.6 Å². The maximum Gasteiger partial charge on any atom is 0.329 e. The van der Waals surface area contributed by atoms with E-state index >= 15 is 0 Å². The molecule has 0 saturated carbocycles. The van der Waals surface area contributed by atoms with Gasteiger partial charge in [0, 0.05) is 52.1 Å². The highest BCUT2D eigenvalue weighted by Crippen LogP contribution is 2.27. The Labute approximate surface area is 520 Å². The predicted octanol–water partition coefficient (Wildman–Crippen LogP) is 0.846. The maximum atomic E-state index is 15.0. The second kappa shape index (κ2) is 29.7. The van der Waals surface area contributed by atoms with Crippen LogP contribution in [0.5, 0.6) is 11.5 Å². The number of pyridine rings is 2. The van der Waals surface area contributed by atoms with E-state index < -0.39 is 180 Å². The normalized spacial score (nSPS) is 24.4.